The number of nitrogens with zero attached hydrogens (tertiary/aromatic N) is 1. The van der Waals surface area contributed by atoms with E-state index in [-0.39, 0.29) is 12.2 Å². The molecule has 0 aromatic heterocycles. The van der Waals surface area contributed by atoms with Gasteiger partial charge in [-0.25, -0.2) is 0 Å². The average molecular weight is 109 g/mol. The SMILES string of the molecule is C=C(CC#N)C(C)=O. The van der Waals surface area contributed by atoms with Crippen molar-refractivity contribution in [2.45, 2.75) is 13.3 Å². The van der Waals surface area contributed by atoms with Crippen LogP contribution in [0.4, 0.5) is 0 Å². The van der Waals surface area contributed by atoms with Crippen LogP contribution in [-0.4, -0.2) is 5.78 Å². The van der Waals surface area contributed by atoms with E-state index in [4.69, 9.17) is 5.26 Å². The summed E-state index contributed by atoms with van der Waals surface area (Å²) in [6.45, 7) is 4.77. The average Bonchev–Trinajstić information content (AvgIpc) is 1.67. The number of Topliss-reactive ketones (excluding diaryl/α,β-unsaturated/α-hetero) is 1. The number of carbonyl (C=O) groups excluding carboxylic acids is 1. The van der Waals surface area contributed by atoms with E-state index in [0.29, 0.717) is 5.57 Å². The molecule has 0 atom stereocenters. The van der Waals surface area contributed by atoms with E-state index in [9.17, 15) is 4.79 Å². The highest BCUT2D eigenvalue weighted by molar-refractivity contribution is 5.92. The second-order valence-corrected chi connectivity index (χ2v) is 1.49. The summed E-state index contributed by atoms with van der Waals surface area (Å²) < 4.78 is 0. The van der Waals surface area contributed by atoms with Gasteiger partial charge in [-0.05, 0) is 6.92 Å². The Morgan fingerprint density at radius 1 is 1.88 bits per heavy atom. The molecule has 0 aliphatic rings. The third kappa shape index (κ3) is 2.14. The summed E-state index contributed by atoms with van der Waals surface area (Å²) in [6, 6.07) is 1.83. The normalized spacial score (nSPS) is 7.50. The topological polar surface area (TPSA) is 40.9 Å². The van der Waals surface area contributed by atoms with Crippen LogP contribution in [0.15, 0.2) is 12.2 Å². The van der Waals surface area contributed by atoms with Crippen molar-refractivity contribution in [2.24, 2.45) is 0 Å². The van der Waals surface area contributed by atoms with Crippen LogP contribution < -0.4 is 0 Å². The molecule has 8 heavy (non-hydrogen) atoms. The van der Waals surface area contributed by atoms with Crippen molar-refractivity contribution in [1.82, 2.24) is 0 Å². The maximum absolute atomic E-state index is 10.3. The number of carbonyl (C=O) groups is 1. The summed E-state index contributed by atoms with van der Waals surface area (Å²) in [7, 11) is 0. The summed E-state index contributed by atoms with van der Waals surface area (Å²) in [5.41, 5.74) is 0.382. The fourth-order valence-corrected chi connectivity index (χ4v) is 0.220. The zero-order valence-electron chi connectivity index (χ0n) is 4.77. The highest BCUT2D eigenvalue weighted by Gasteiger charge is 1.95. The van der Waals surface area contributed by atoms with Crippen LogP contribution in [0.5, 0.6) is 0 Å². The van der Waals surface area contributed by atoms with Crippen molar-refractivity contribution in [2.75, 3.05) is 0 Å². The molecule has 2 heteroatoms. The van der Waals surface area contributed by atoms with E-state index in [0.717, 1.165) is 0 Å². The highest BCUT2D eigenvalue weighted by Crippen LogP contribution is 1.95. The summed E-state index contributed by atoms with van der Waals surface area (Å²) in [4.78, 5) is 10.3. The van der Waals surface area contributed by atoms with Gasteiger partial charge in [-0.2, -0.15) is 5.26 Å². The molecule has 0 aliphatic carbocycles. The Morgan fingerprint density at radius 3 is 2.50 bits per heavy atom. The Balaban J connectivity index is 3.71. The quantitative estimate of drug-likeness (QED) is 0.497. The van der Waals surface area contributed by atoms with Crippen LogP contribution in [0.3, 0.4) is 0 Å². The molecule has 2 nitrogen and oxygen atoms in total. The van der Waals surface area contributed by atoms with Gasteiger partial charge in [-0.1, -0.05) is 6.58 Å². The fourth-order valence-electron chi connectivity index (χ4n) is 0.220. The maximum Gasteiger partial charge on any atom is 0.156 e. The summed E-state index contributed by atoms with van der Waals surface area (Å²) in [5, 5.41) is 8.02. The molecule has 0 rings (SSSR count). The Kier molecular flexibility index (Phi) is 2.57. The zero-order valence-corrected chi connectivity index (χ0v) is 4.77. The lowest BCUT2D eigenvalue weighted by Crippen LogP contribution is -1.91. The Bertz CT molecular complexity index is 152. The molecule has 0 aromatic rings. The third-order valence-corrected chi connectivity index (χ3v) is 0.790. The van der Waals surface area contributed by atoms with E-state index in [1.165, 1.54) is 6.92 Å². The molecule has 0 aromatic carbocycles. The van der Waals surface area contributed by atoms with E-state index < -0.39 is 0 Å². The molecular formula is C6H7NO. The second-order valence-electron chi connectivity index (χ2n) is 1.49. The van der Waals surface area contributed by atoms with Crippen LogP contribution in [-0.2, 0) is 4.79 Å². The van der Waals surface area contributed by atoms with Gasteiger partial charge in [-0.3, -0.25) is 4.79 Å². The molecule has 0 saturated heterocycles. The smallest absolute Gasteiger partial charge is 0.156 e. The highest BCUT2D eigenvalue weighted by atomic mass is 16.1. The van der Waals surface area contributed by atoms with Crippen molar-refractivity contribution < 1.29 is 4.79 Å². The maximum atomic E-state index is 10.3. The van der Waals surface area contributed by atoms with Gasteiger partial charge < -0.3 is 0 Å². The summed E-state index contributed by atoms with van der Waals surface area (Å²) >= 11 is 0. The minimum Gasteiger partial charge on any atom is -0.295 e. The predicted molar refractivity (Wildman–Crippen MR) is 30.1 cm³/mol. The molecule has 0 N–H and O–H groups in total. The van der Waals surface area contributed by atoms with Gasteiger partial charge in [-0.15, -0.1) is 0 Å². The molecule has 0 saturated carbocycles. The first-order valence-corrected chi connectivity index (χ1v) is 2.24. The minimum absolute atomic E-state index is 0.105. The first kappa shape index (κ1) is 6.90. The third-order valence-electron chi connectivity index (χ3n) is 0.790. The van der Waals surface area contributed by atoms with Gasteiger partial charge in [0.05, 0.1) is 12.5 Å². The first-order chi connectivity index (χ1) is 3.68. The van der Waals surface area contributed by atoms with E-state index in [2.05, 4.69) is 6.58 Å². The number of hydrogen-bond acceptors (Lipinski definition) is 2. The molecule has 0 fully saturated rings. The van der Waals surface area contributed by atoms with Gasteiger partial charge in [0, 0.05) is 5.57 Å². The van der Waals surface area contributed by atoms with Gasteiger partial charge in [0.1, 0.15) is 0 Å². The molecular weight excluding hydrogens is 102 g/mol. The van der Waals surface area contributed by atoms with Gasteiger partial charge in [0.2, 0.25) is 0 Å². The number of allylic oxidation sites excluding steroid dienone is 1. The molecule has 0 amide bonds. The Hall–Kier alpha value is -1.10. The zero-order chi connectivity index (χ0) is 6.57. The number of hydrogen-bond donors (Lipinski definition) is 0. The molecule has 0 heterocycles. The fraction of sp³-hybridized carbons (Fsp3) is 0.333. The van der Waals surface area contributed by atoms with Gasteiger partial charge in [0.15, 0.2) is 5.78 Å². The second kappa shape index (κ2) is 2.98. The molecule has 0 radical (unpaired) electrons. The lowest BCUT2D eigenvalue weighted by atomic mass is 10.2. The molecule has 0 unspecified atom stereocenters. The number of ketones is 1. The van der Waals surface area contributed by atoms with Crippen LogP contribution in [0.2, 0.25) is 0 Å². The minimum atomic E-state index is -0.105. The van der Waals surface area contributed by atoms with Crippen molar-refractivity contribution in [3.05, 3.63) is 12.2 Å². The number of nitriles is 1. The van der Waals surface area contributed by atoms with Crippen molar-refractivity contribution in [1.29, 1.82) is 5.26 Å². The van der Waals surface area contributed by atoms with Gasteiger partial charge in [0.25, 0.3) is 0 Å². The lowest BCUT2D eigenvalue weighted by molar-refractivity contribution is -0.113. The van der Waals surface area contributed by atoms with Crippen LogP contribution in [0.1, 0.15) is 13.3 Å². The van der Waals surface area contributed by atoms with Crippen LogP contribution in [0, 0.1) is 11.3 Å². The largest absolute Gasteiger partial charge is 0.295 e. The van der Waals surface area contributed by atoms with Crippen molar-refractivity contribution >= 4 is 5.78 Å². The molecule has 42 valence electrons. The standard InChI is InChI=1S/C6H7NO/c1-5(3-4-7)6(2)8/h1,3H2,2H3. The van der Waals surface area contributed by atoms with Crippen molar-refractivity contribution in [3.63, 3.8) is 0 Å². The molecule has 0 bridgehead atoms. The first-order valence-electron chi connectivity index (χ1n) is 2.24. The van der Waals surface area contributed by atoms with Crippen molar-refractivity contribution in [3.8, 4) is 6.07 Å². The van der Waals surface area contributed by atoms with E-state index in [1.54, 1.807) is 0 Å². The Labute approximate surface area is 48.4 Å². The van der Waals surface area contributed by atoms with Crippen LogP contribution >= 0.6 is 0 Å². The Morgan fingerprint density at radius 2 is 2.38 bits per heavy atom. The van der Waals surface area contributed by atoms with E-state index in [1.807, 2.05) is 6.07 Å². The number of rotatable bonds is 2. The van der Waals surface area contributed by atoms with Gasteiger partial charge >= 0.3 is 0 Å². The lowest BCUT2D eigenvalue weighted by Gasteiger charge is -1.87. The van der Waals surface area contributed by atoms with Crippen LogP contribution in [0.25, 0.3) is 0 Å². The van der Waals surface area contributed by atoms with E-state index >= 15 is 0 Å². The molecule has 0 aliphatic heterocycles. The summed E-state index contributed by atoms with van der Waals surface area (Å²) in [6.07, 6.45) is 0.148. The predicted octanol–water partition coefficient (Wildman–Crippen LogP) is 1.05. The monoisotopic (exact) mass is 109 g/mol. The molecule has 0 spiro atoms. The summed E-state index contributed by atoms with van der Waals surface area (Å²) in [5.74, 6) is -0.105.